The van der Waals surface area contributed by atoms with Crippen molar-refractivity contribution in [3.05, 3.63) is 35.7 Å². The minimum absolute atomic E-state index is 0.115. The second-order valence-electron chi connectivity index (χ2n) is 4.83. The molecule has 0 saturated carbocycles. The van der Waals surface area contributed by atoms with Crippen molar-refractivity contribution < 1.29 is 14.3 Å². The number of benzene rings is 1. The highest BCUT2D eigenvalue weighted by atomic mass is 32.2. The molecule has 128 valence electrons. The highest BCUT2D eigenvalue weighted by molar-refractivity contribution is 7.99. The fraction of sp³-hybridized carbons (Fsp3) is 0.333. The lowest BCUT2D eigenvalue weighted by atomic mass is 10.1. The summed E-state index contributed by atoms with van der Waals surface area (Å²) < 4.78 is 5.05. The first-order chi connectivity index (χ1) is 11.6. The van der Waals surface area contributed by atoms with Gasteiger partial charge in [-0.15, -0.1) is 5.10 Å². The number of ether oxygens (including phenoxy) is 1. The first kappa shape index (κ1) is 17.8. The summed E-state index contributed by atoms with van der Waals surface area (Å²) >= 11 is 1.19. The Morgan fingerprint density at radius 3 is 2.54 bits per heavy atom. The monoisotopic (exact) mass is 349 g/mol. The number of aryl methyl sites for hydroxylation is 1. The van der Waals surface area contributed by atoms with Gasteiger partial charge < -0.3 is 4.74 Å². The molecule has 0 fully saturated rings. The third-order valence-electron chi connectivity index (χ3n) is 3.04. The summed E-state index contributed by atoms with van der Waals surface area (Å²) in [5.74, 6) is 0.980. The van der Waals surface area contributed by atoms with Gasteiger partial charge in [-0.25, -0.2) is 4.98 Å². The number of carbonyl (C=O) groups is 2. The molecule has 1 aromatic heterocycles. The van der Waals surface area contributed by atoms with Gasteiger partial charge in [0, 0.05) is 6.42 Å². The van der Waals surface area contributed by atoms with Crippen molar-refractivity contribution in [3.8, 4) is 5.75 Å². The molecule has 9 heteroatoms. The number of nitrogens with zero attached hydrogens (tertiary/aromatic N) is 2. The van der Waals surface area contributed by atoms with Gasteiger partial charge in [0.15, 0.2) is 0 Å². The van der Waals surface area contributed by atoms with Gasteiger partial charge in [0.25, 0.3) is 0 Å². The molecule has 2 amide bonds. The largest absolute Gasteiger partial charge is 0.497 e. The maximum atomic E-state index is 11.8. The number of hydrogen-bond donors (Lipinski definition) is 3. The molecular formula is C15H19N5O3S. The van der Waals surface area contributed by atoms with Gasteiger partial charge in [-0.3, -0.25) is 25.5 Å². The predicted molar refractivity (Wildman–Crippen MR) is 89.5 cm³/mol. The second-order valence-corrected chi connectivity index (χ2v) is 5.77. The van der Waals surface area contributed by atoms with Crippen LogP contribution in [0.3, 0.4) is 0 Å². The maximum Gasteiger partial charge on any atom is 0.248 e. The predicted octanol–water partition coefficient (Wildman–Crippen LogP) is 0.858. The molecule has 0 atom stereocenters. The highest BCUT2D eigenvalue weighted by Crippen LogP contribution is 2.12. The van der Waals surface area contributed by atoms with E-state index in [2.05, 4.69) is 26.0 Å². The summed E-state index contributed by atoms with van der Waals surface area (Å²) in [5.41, 5.74) is 5.57. The number of amides is 2. The van der Waals surface area contributed by atoms with Gasteiger partial charge in [-0.2, -0.15) is 0 Å². The van der Waals surface area contributed by atoms with Gasteiger partial charge in [0.05, 0.1) is 19.3 Å². The van der Waals surface area contributed by atoms with Crippen molar-refractivity contribution in [1.82, 2.24) is 26.0 Å². The number of methoxy groups -OCH3 is 1. The second kappa shape index (κ2) is 8.92. The Balaban J connectivity index is 1.69. The molecule has 0 bridgehead atoms. The summed E-state index contributed by atoms with van der Waals surface area (Å²) in [7, 11) is 1.58. The van der Waals surface area contributed by atoms with Crippen LogP contribution in [0.2, 0.25) is 0 Å². The smallest absolute Gasteiger partial charge is 0.248 e. The van der Waals surface area contributed by atoms with Crippen LogP contribution in [-0.4, -0.2) is 39.9 Å². The zero-order valence-corrected chi connectivity index (χ0v) is 14.3. The van der Waals surface area contributed by atoms with E-state index in [1.807, 2.05) is 6.92 Å². The highest BCUT2D eigenvalue weighted by Gasteiger charge is 2.09. The van der Waals surface area contributed by atoms with E-state index in [-0.39, 0.29) is 24.0 Å². The Kier molecular flexibility index (Phi) is 6.62. The Morgan fingerprint density at radius 2 is 1.92 bits per heavy atom. The zero-order valence-electron chi connectivity index (χ0n) is 13.5. The van der Waals surface area contributed by atoms with Gasteiger partial charge in [-0.05, 0) is 17.7 Å². The first-order valence-corrected chi connectivity index (χ1v) is 8.34. The van der Waals surface area contributed by atoms with E-state index >= 15 is 0 Å². The van der Waals surface area contributed by atoms with Crippen LogP contribution >= 0.6 is 11.8 Å². The molecule has 0 aliphatic carbocycles. The van der Waals surface area contributed by atoms with E-state index < -0.39 is 0 Å². The van der Waals surface area contributed by atoms with Crippen molar-refractivity contribution in [3.63, 3.8) is 0 Å². The normalized spacial score (nSPS) is 10.2. The maximum absolute atomic E-state index is 11.8. The van der Waals surface area contributed by atoms with E-state index in [1.165, 1.54) is 11.8 Å². The number of nitrogens with one attached hydrogen (secondary N) is 3. The van der Waals surface area contributed by atoms with Crippen LogP contribution in [0.4, 0.5) is 0 Å². The Morgan fingerprint density at radius 1 is 1.21 bits per heavy atom. The van der Waals surface area contributed by atoms with Gasteiger partial charge >= 0.3 is 0 Å². The summed E-state index contributed by atoms with van der Waals surface area (Å²) in [6.45, 7) is 1.96. The number of carbonyl (C=O) groups excluding carboxylic acids is 2. The fourth-order valence-electron chi connectivity index (χ4n) is 1.78. The number of hydrogen-bond acceptors (Lipinski definition) is 6. The molecule has 2 aromatic rings. The van der Waals surface area contributed by atoms with Crippen molar-refractivity contribution in [2.75, 3.05) is 12.9 Å². The Hall–Kier alpha value is -2.55. The quantitative estimate of drug-likeness (QED) is 0.505. The zero-order chi connectivity index (χ0) is 17.4. The molecule has 0 aliphatic rings. The average molecular weight is 349 g/mol. The number of rotatable bonds is 7. The van der Waals surface area contributed by atoms with Crippen LogP contribution in [0, 0.1) is 0 Å². The van der Waals surface area contributed by atoms with Crippen molar-refractivity contribution in [2.45, 2.75) is 24.9 Å². The minimum Gasteiger partial charge on any atom is -0.497 e. The number of H-pyrrole nitrogens is 1. The van der Waals surface area contributed by atoms with E-state index in [1.54, 1.807) is 31.4 Å². The van der Waals surface area contributed by atoms with E-state index in [4.69, 9.17) is 4.74 Å². The molecule has 8 nitrogen and oxygen atoms in total. The number of aromatic nitrogens is 3. The summed E-state index contributed by atoms with van der Waals surface area (Å²) in [5, 5.41) is 7.25. The van der Waals surface area contributed by atoms with E-state index in [9.17, 15) is 9.59 Å². The molecule has 0 spiro atoms. The molecule has 0 radical (unpaired) electrons. The van der Waals surface area contributed by atoms with Crippen molar-refractivity contribution in [1.29, 1.82) is 0 Å². The Labute approximate surface area is 143 Å². The van der Waals surface area contributed by atoms with Crippen LogP contribution in [-0.2, 0) is 22.4 Å². The average Bonchev–Trinajstić information content (AvgIpc) is 3.07. The number of thioether (sulfide) groups is 1. The fourth-order valence-corrected chi connectivity index (χ4v) is 2.40. The SMILES string of the molecule is CCc1nc(SCC(=O)NNC(=O)Cc2ccc(OC)cc2)n[nH]1. The molecule has 3 N–H and O–H groups in total. The lowest BCUT2D eigenvalue weighted by molar-refractivity contribution is -0.127. The minimum atomic E-state index is -0.328. The topological polar surface area (TPSA) is 109 Å². The third-order valence-corrected chi connectivity index (χ3v) is 3.89. The third kappa shape index (κ3) is 5.58. The summed E-state index contributed by atoms with van der Waals surface area (Å²) in [6.07, 6.45) is 0.916. The van der Waals surface area contributed by atoms with Crippen LogP contribution in [0.5, 0.6) is 5.75 Å². The van der Waals surface area contributed by atoms with Gasteiger partial charge in [-0.1, -0.05) is 30.8 Å². The van der Waals surface area contributed by atoms with E-state index in [0.29, 0.717) is 5.16 Å². The van der Waals surface area contributed by atoms with Crippen LogP contribution < -0.4 is 15.6 Å². The van der Waals surface area contributed by atoms with Crippen LogP contribution in [0.1, 0.15) is 18.3 Å². The van der Waals surface area contributed by atoms with Gasteiger partial charge in [0.1, 0.15) is 11.6 Å². The van der Waals surface area contributed by atoms with Crippen LogP contribution in [0.15, 0.2) is 29.4 Å². The Bertz CT molecular complexity index is 687. The van der Waals surface area contributed by atoms with Crippen LogP contribution in [0.25, 0.3) is 0 Å². The first-order valence-electron chi connectivity index (χ1n) is 7.35. The molecule has 24 heavy (non-hydrogen) atoms. The van der Waals surface area contributed by atoms with Gasteiger partial charge in [0.2, 0.25) is 17.0 Å². The molecule has 0 saturated heterocycles. The van der Waals surface area contributed by atoms with E-state index in [0.717, 1.165) is 23.6 Å². The summed E-state index contributed by atoms with van der Waals surface area (Å²) in [4.78, 5) is 27.7. The summed E-state index contributed by atoms with van der Waals surface area (Å²) in [6, 6.07) is 7.15. The number of hydrazine groups is 1. The standard InChI is InChI=1S/C15H19N5O3S/c1-3-12-16-15(20-17-12)24-9-14(22)19-18-13(21)8-10-4-6-11(23-2)7-5-10/h4-7H,3,8-9H2,1-2H3,(H,18,21)(H,19,22)(H,16,17,20). The molecule has 1 aromatic carbocycles. The molecule has 0 unspecified atom stereocenters. The molecule has 0 aliphatic heterocycles. The lowest BCUT2D eigenvalue weighted by Gasteiger charge is -2.07. The van der Waals surface area contributed by atoms with Crippen molar-refractivity contribution in [2.24, 2.45) is 0 Å². The molecular weight excluding hydrogens is 330 g/mol. The van der Waals surface area contributed by atoms with Crippen molar-refractivity contribution >= 4 is 23.6 Å². The molecule has 2 rings (SSSR count). The lowest BCUT2D eigenvalue weighted by Crippen LogP contribution is -2.43. The molecule has 1 heterocycles. The number of aromatic amines is 1.